The van der Waals surface area contributed by atoms with Crippen molar-refractivity contribution in [1.29, 1.82) is 0 Å². The first kappa shape index (κ1) is 6.42. The molecular weight excluding hydrogens is 162 g/mol. The van der Waals surface area contributed by atoms with E-state index in [1.807, 2.05) is 0 Å². The number of aromatic hydroxyl groups is 2. The summed E-state index contributed by atoms with van der Waals surface area (Å²) in [6, 6.07) is 2.90. The number of hydrogen-bond donors (Lipinski definition) is 2. The molecule has 0 atom stereocenters. The second-order valence-corrected chi connectivity index (χ2v) is 2.97. The molecule has 0 radical (unpaired) electrons. The lowest BCUT2D eigenvalue weighted by Gasteiger charge is -1.94. The summed E-state index contributed by atoms with van der Waals surface area (Å²) in [6.45, 7) is 0. The zero-order chi connectivity index (χ0) is 7.84. The molecule has 4 heteroatoms. The van der Waals surface area contributed by atoms with Gasteiger partial charge in [-0.05, 0) is 23.7 Å². The molecule has 0 aliphatic rings. The number of rotatable bonds is 0. The third kappa shape index (κ3) is 0.832. The van der Waals surface area contributed by atoms with Crippen molar-refractivity contribution in [3.63, 3.8) is 0 Å². The van der Waals surface area contributed by atoms with E-state index < -0.39 is 0 Å². The van der Waals surface area contributed by atoms with Crippen LogP contribution in [0.2, 0.25) is 0 Å². The second kappa shape index (κ2) is 2.10. The van der Waals surface area contributed by atoms with Gasteiger partial charge in [0.15, 0.2) is 0 Å². The molecule has 0 spiro atoms. The Hall–Kier alpha value is -1.29. The number of benzene rings is 1. The summed E-state index contributed by atoms with van der Waals surface area (Å²) in [5, 5.41) is 19.1. The first-order chi connectivity index (χ1) is 5.29. The highest BCUT2D eigenvalue weighted by Crippen LogP contribution is 2.33. The fourth-order valence-electron chi connectivity index (χ4n) is 0.930. The summed E-state index contributed by atoms with van der Waals surface area (Å²) < 4.78 is 4.47. The van der Waals surface area contributed by atoms with E-state index in [-0.39, 0.29) is 11.5 Å². The number of nitrogens with zero attached hydrogens (tertiary/aromatic N) is 1. The van der Waals surface area contributed by atoms with Gasteiger partial charge >= 0.3 is 0 Å². The molecule has 0 saturated heterocycles. The van der Waals surface area contributed by atoms with Crippen LogP contribution in [0.15, 0.2) is 18.3 Å². The lowest BCUT2D eigenvalue weighted by atomic mass is 10.2. The summed E-state index contributed by atoms with van der Waals surface area (Å²) in [5.74, 6) is 0.326. The predicted molar refractivity (Wildman–Crippen MR) is 42.9 cm³/mol. The van der Waals surface area contributed by atoms with Crippen molar-refractivity contribution >= 4 is 21.6 Å². The van der Waals surface area contributed by atoms with E-state index in [9.17, 15) is 10.2 Å². The molecule has 0 aliphatic heterocycles. The normalized spacial score (nSPS) is 10.5. The first-order valence-electron chi connectivity index (χ1n) is 3.04. The predicted octanol–water partition coefficient (Wildman–Crippen LogP) is 1.71. The first-order valence-corrected chi connectivity index (χ1v) is 3.81. The number of phenols is 2. The molecule has 3 nitrogen and oxygen atoms in total. The molecule has 0 fully saturated rings. The molecular formula is C7H5NO2S. The van der Waals surface area contributed by atoms with Crippen LogP contribution in [0.4, 0.5) is 0 Å². The zero-order valence-electron chi connectivity index (χ0n) is 5.48. The van der Waals surface area contributed by atoms with Gasteiger partial charge in [0.25, 0.3) is 0 Å². The average molecular weight is 167 g/mol. The van der Waals surface area contributed by atoms with E-state index in [4.69, 9.17) is 0 Å². The van der Waals surface area contributed by atoms with Crippen LogP contribution in [0.1, 0.15) is 0 Å². The van der Waals surface area contributed by atoms with Gasteiger partial charge in [-0.3, -0.25) is 0 Å². The SMILES string of the molecule is Oc1ccc(O)c2sncc12. The van der Waals surface area contributed by atoms with E-state index in [0.29, 0.717) is 10.1 Å². The Kier molecular flexibility index (Phi) is 1.22. The molecule has 56 valence electrons. The van der Waals surface area contributed by atoms with Crippen molar-refractivity contribution in [2.75, 3.05) is 0 Å². The van der Waals surface area contributed by atoms with Crippen LogP contribution >= 0.6 is 11.5 Å². The summed E-state index contributed by atoms with van der Waals surface area (Å²) in [4.78, 5) is 0. The molecule has 0 amide bonds. The van der Waals surface area contributed by atoms with Crippen molar-refractivity contribution in [2.45, 2.75) is 0 Å². The summed E-state index contributed by atoms with van der Waals surface area (Å²) in [5.41, 5.74) is 0. The fraction of sp³-hybridized carbons (Fsp3) is 0. The largest absolute Gasteiger partial charge is 0.507 e. The van der Waals surface area contributed by atoms with Crippen LogP contribution in [0.25, 0.3) is 10.1 Å². The van der Waals surface area contributed by atoms with E-state index in [0.717, 1.165) is 0 Å². The van der Waals surface area contributed by atoms with E-state index in [1.165, 1.54) is 29.9 Å². The third-order valence-corrected chi connectivity index (χ3v) is 2.30. The Morgan fingerprint density at radius 1 is 1.18 bits per heavy atom. The standard InChI is InChI=1S/C7H5NO2S/c9-5-1-2-6(10)7-4(5)3-8-11-7/h1-3,9-10H. The van der Waals surface area contributed by atoms with Crippen LogP contribution in [0, 0.1) is 0 Å². The molecule has 1 aromatic carbocycles. The Morgan fingerprint density at radius 2 is 1.91 bits per heavy atom. The highest BCUT2D eigenvalue weighted by molar-refractivity contribution is 7.13. The third-order valence-electron chi connectivity index (χ3n) is 1.48. The molecule has 0 aliphatic carbocycles. The van der Waals surface area contributed by atoms with Crippen molar-refractivity contribution in [3.8, 4) is 11.5 Å². The molecule has 2 N–H and O–H groups in total. The molecule has 11 heavy (non-hydrogen) atoms. The van der Waals surface area contributed by atoms with Gasteiger partial charge in [0.05, 0.1) is 11.6 Å². The molecule has 1 heterocycles. The highest BCUT2D eigenvalue weighted by Gasteiger charge is 2.05. The van der Waals surface area contributed by atoms with Crippen LogP contribution in [0.5, 0.6) is 11.5 Å². The van der Waals surface area contributed by atoms with Crippen LogP contribution in [-0.2, 0) is 0 Å². The molecule has 0 bridgehead atoms. The minimum atomic E-state index is 0.159. The lowest BCUT2D eigenvalue weighted by Crippen LogP contribution is -1.67. The quantitative estimate of drug-likeness (QED) is 0.587. The fourth-order valence-corrected chi connectivity index (χ4v) is 1.61. The van der Waals surface area contributed by atoms with E-state index in [2.05, 4.69) is 4.37 Å². The van der Waals surface area contributed by atoms with Crippen LogP contribution < -0.4 is 0 Å². The average Bonchev–Trinajstić information content (AvgIpc) is 2.45. The summed E-state index contributed by atoms with van der Waals surface area (Å²) in [6.07, 6.45) is 1.54. The number of phenolic OH excluding ortho intramolecular Hbond substituents is 2. The topological polar surface area (TPSA) is 53.4 Å². The minimum absolute atomic E-state index is 0.159. The monoisotopic (exact) mass is 167 g/mol. The number of aromatic nitrogens is 1. The minimum Gasteiger partial charge on any atom is -0.507 e. The van der Waals surface area contributed by atoms with Crippen molar-refractivity contribution in [3.05, 3.63) is 18.3 Å². The molecule has 0 unspecified atom stereocenters. The smallest absolute Gasteiger partial charge is 0.135 e. The summed E-state index contributed by atoms with van der Waals surface area (Å²) >= 11 is 1.17. The van der Waals surface area contributed by atoms with Gasteiger partial charge in [-0.15, -0.1) is 0 Å². The van der Waals surface area contributed by atoms with Crippen LogP contribution in [-0.4, -0.2) is 14.6 Å². The van der Waals surface area contributed by atoms with E-state index in [1.54, 1.807) is 0 Å². The Morgan fingerprint density at radius 3 is 2.64 bits per heavy atom. The van der Waals surface area contributed by atoms with E-state index >= 15 is 0 Å². The Bertz CT molecular complexity index is 360. The van der Waals surface area contributed by atoms with Gasteiger partial charge < -0.3 is 10.2 Å². The van der Waals surface area contributed by atoms with Gasteiger partial charge in [0.2, 0.25) is 0 Å². The maximum absolute atomic E-state index is 9.24. The van der Waals surface area contributed by atoms with Gasteiger partial charge in [-0.1, -0.05) is 0 Å². The number of fused-ring (bicyclic) bond motifs is 1. The Balaban J connectivity index is 2.96. The van der Waals surface area contributed by atoms with Crippen molar-refractivity contribution in [1.82, 2.24) is 4.37 Å². The number of hydrogen-bond acceptors (Lipinski definition) is 4. The molecule has 2 aromatic rings. The maximum atomic E-state index is 9.24. The van der Waals surface area contributed by atoms with Crippen molar-refractivity contribution < 1.29 is 10.2 Å². The zero-order valence-corrected chi connectivity index (χ0v) is 6.30. The Labute approximate surface area is 66.7 Å². The molecule has 2 rings (SSSR count). The van der Waals surface area contributed by atoms with Gasteiger partial charge in [0, 0.05) is 0 Å². The van der Waals surface area contributed by atoms with Crippen LogP contribution in [0.3, 0.4) is 0 Å². The second-order valence-electron chi connectivity index (χ2n) is 2.17. The molecule has 0 saturated carbocycles. The van der Waals surface area contributed by atoms with Gasteiger partial charge in [-0.25, -0.2) is 0 Å². The van der Waals surface area contributed by atoms with Gasteiger partial charge in [0.1, 0.15) is 16.2 Å². The van der Waals surface area contributed by atoms with Crippen molar-refractivity contribution in [2.24, 2.45) is 0 Å². The maximum Gasteiger partial charge on any atom is 0.135 e. The van der Waals surface area contributed by atoms with Gasteiger partial charge in [-0.2, -0.15) is 4.37 Å². The molecule has 1 aromatic heterocycles. The highest BCUT2D eigenvalue weighted by atomic mass is 32.1. The lowest BCUT2D eigenvalue weighted by molar-refractivity contribution is 0.470. The summed E-state index contributed by atoms with van der Waals surface area (Å²) in [7, 11) is 0.